The van der Waals surface area contributed by atoms with Crippen molar-refractivity contribution in [3.63, 3.8) is 0 Å². The van der Waals surface area contributed by atoms with Crippen LogP contribution in [0.2, 0.25) is 0 Å². The average molecular weight is 234 g/mol. The van der Waals surface area contributed by atoms with Gasteiger partial charge in [0, 0.05) is 0 Å². The zero-order valence-electron chi connectivity index (χ0n) is 10.6. The van der Waals surface area contributed by atoms with E-state index in [4.69, 9.17) is 0 Å². The fourth-order valence-electron chi connectivity index (χ4n) is 4.02. The van der Waals surface area contributed by atoms with E-state index in [1.165, 1.54) is 25.7 Å². The van der Waals surface area contributed by atoms with Gasteiger partial charge in [0.2, 0.25) is 0 Å². The zero-order chi connectivity index (χ0) is 11.9. The summed E-state index contributed by atoms with van der Waals surface area (Å²) in [5.74, 6) is 1.54. The summed E-state index contributed by atoms with van der Waals surface area (Å²) in [4.78, 5) is 0. The molecular weight excluding hydrogens is 216 g/mol. The lowest BCUT2D eigenvalue weighted by Crippen LogP contribution is -2.05. The molecule has 0 saturated carbocycles. The molecule has 0 spiro atoms. The highest BCUT2D eigenvalue weighted by Crippen LogP contribution is 2.48. The van der Waals surface area contributed by atoms with E-state index in [9.17, 15) is 0 Å². The number of benzene rings is 2. The number of hydrogen-bond donors (Lipinski definition) is 0. The summed E-state index contributed by atoms with van der Waals surface area (Å²) < 4.78 is 0. The third-order valence-corrected chi connectivity index (χ3v) is 4.84. The van der Waals surface area contributed by atoms with Crippen molar-refractivity contribution in [2.45, 2.75) is 37.5 Å². The standard InChI is InChI=1S/C18H18/c1-3-7-15-13(5-1)9-11-17(15)18-12-10-14-6-2-4-8-16(14)18/h1-8,17-18H,9-12H2. The first-order valence-corrected chi connectivity index (χ1v) is 7.09. The largest absolute Gasteiger partial charge is 0.0620 e. The monoisotopic (exact) mass is 234 g/mol. The van der Waals surface area contributed by atoms with Gasteiger partial charge in [0.1, 0.15) is 0 Å². The van der Waals surface area contributed by atoms with Gasteiger partial charge >= 0.3 is 0 Å². The van der Waals surface area contributed by atoms with Crippen molar-refractivity contribution >= 4 is 0 Å². The summed E-state index contributed by atoms with van der Waals surface area (Å²) in [5.41, 5.74) is 6.43. The van der Waals surface area contributed by atoms with Crippen molar-refractivity contribution in [1.82, 2.24) is 0 Å². The molecule has 18 heavy (non-hydrogen) atoms. The third kappa shape index (κ3) is 1.45. The van der Waals surface area contributed by atoms with Crippen LogP contribution in [0.5, 0.6) is 0 Å². The molecule has 0 fully saturated rings. The lowest BCUT2D eigenvalue weighted by molar-refractivity contribution is 0.531. The quantitative estimate of drug-likeness (QED) is 0.684. The highest BCUT2D eigenvalue weighted by molar-refractivity contribution is 5.42. The molecule has 0 amide bonds. The molecule has 0 heterocycles. The maximum Gasteiger partial charge on any atom is -0.00870 e. The van der Waals surface area contributed by atoms with Crippen molar-refractivity contribution in [2.24, 2.45) is 0 Å². The maximum absolute atomic E-state index is 2.36. The fourth-order valence-corrected chi connectivity index (χ4v) is 4.02. The minimum absolute atomic E-state index is 0.768. The summed E-state index contributed by atoms with van der Waals surface area (Å²) >= 11 is 0. The molecule has 90 valence electrons. The molecule has 2 aliphatic rings. The molecule has 0 radical (unpaired) electrons. The van der Waals surface area contributed by atoms with E-state index in [1.807, 2.05) is 0 Å². The van der Waals surface area contributed by atoms with E-state index >= 15 is 0 Å². The van der Waals surface area contributed by atoms with Crippen LogP contribution in [0.3, 0.4) is 0 Å². The Morgan fingerprint density at radius 2 is 1.06 bits per heavy atom. The van der Waals surface area contributed by atoms with E-state index in [-0.39, 0.29) is 0 Å². The first-order valence-electron chi connectivity index (χ1n) is 7.09. The van der Waals surface area contributed by atoms with Crippen molar-refractivity contribution in [3.8, 4) is 0 Å². The van der Waals surface area contributed by atoms with Crippen LogP contribution in [0.1, 0.15) is 46.9 Å². The summed E-state index contributed by atoms with van der Waals surface area (Å²) in [5, 5.41) is 0. The van der Waals surface area contributed by atoms with E-state index in [1.54, 1.807) is 22.3 Å². The predicted molar refractivity (Wildman–Crippen MR) is 75.0 cm³/mol. The Kier molecular flexibility index (Phi) is 2.29. The maximum atomic E-state index is 2.36. The van der Waals surface area contributed by atoms with Gasteiger partial charge in [0.15, 0.2) is 0 Å². The van der Waals surface area contributed by atoms with Gasteiger partial charge in [-0.3, -0.25) is 0 Å². The van der Waals surface area contributed by atoms with Gasteiger partial charge in [0.05, 0.1) is 0 Å². The van der Waals surface area contributed by atoms with E-state index < -0.39 is 0 Å². The van der Waals surface area contributed by atoms with Gasteiger partial charge in [-0.25, -0.2) is 0 Å². The molecule has 0 heteroatoms. The molecule has 0 bridgehead atoms. The van der Waals surface area contributed by atoms with E-state index in [0.29, 0.717) is 0 Å². The molecule has 0 saturated heterocycles. The predicted octanol–water partition coefficient (Wildman–Crippen LogP) is 4.45. The van der Waals surface area contributed by atoms with Crippen LogP contribution < -0.4 is 0 Å². The fraction of sp³-hybridized carbons (Fsp3) is 0.333. The minimum atomic E-state index is 0.768. The highest BCUT2D eigenvalue weighted by Gasteiger charge is 2.34. The molecule has 2 unspecified atom stereocenters. The van der Waals surface area contributed by atoms with Crippen LogP contribution in [0, 0.1) is 0 Å². The molecule has 0 nitrogen and oxygen atoms in total. The van der Waals surface area contributed by atoms with Gasteiger partial charge in [-0.2, -0.15) is 0 Å². The van der Waals surface area contributed by atoms with Gasteiger partial charge in [-0.15, -0.1) is 0 Å². The van der Waals surface area contributed by atoms with Crippen molar-refractivity contribution in [3.05, 3.63) is 70.8 Å². The number of rotatable bonds is 1. The summed E-state index contributed by atoms with van der Waals surface area (Å²) in [6, 6.07) is 18.1. The van der Waals surface area contributed by atoms with E-state index in [2.05, 4.69) is 48.5 Å². The average Bonchev–Trinajstić information content (AvgIpc) is 3.01. The van der Waals surface area contributed by atoms with Gasteiger partial charge in [-0.1, -0.05) is 48.5 Å². The molecule has 4 rings (SSSR count). The van der Waals surface area contributed by atoms with Crippen LogP contribution in [0.4, 0.5) is 0 Å². The first kappa shape index (κ1) is 10.4. The lowest BCUT2D eigenvalue weighted by atomic mass is 9.83. The summed E-state index contributed by atoms with van der Waals surface area (Å²) in [6.07, 6.45) is 5.25. The number of fused-ring (bicyclic) bond motifs is 2. The molecule has 2 aromatic carbocycles. The zero-order valence-corrected chi connectivity index (χ0v) is 10.6. The molecular formula is C18H18. The van der Waals surface area contributed by atoms with Crippen molar-refractivity contribution in [1.29, 1.82) is 0 Å². The molecule has 0 aromatic heterocycles. The molecule has 0 N–H and O–H groups in total. The summed E-state index contributed by atoms with van der Waals surface area (Å²) in [6.45, 7) is 0. The Bertz CT molecular complexity index is 529. The van der Waals surface area contributed by atoms with Gasteiger partial charge in [-0.05, 0) is 59.8 Å². The lowest BCUT2D eigenvalue weighted by Gasteiger charge is -2.20. The Balaban J connectivity index is 1.75. The van der Waals surface area contributed by atoms with Gasteiger partial charge in [0.25, 0.3) is 0 Å². The molecule has 2 atom stereocenters. The topological polar surface area (TPSA) is 0 Å². The second-order valence-corrected chi connectivity index (χ2v) is 5.69. The van der Waals surface area contributed by atoms with E-state index in [0.717, 1.165) is 11.8 Å². The smallest absolute Gasteiger partial charge is 0.00870 e. The third-order valence-electron chi connectivity index (χ3n) is 4.84. The molecule has 0 aliphatic heterocycles. The second kappa shape index (κ2) is 3.98. The van der Waals surface area contributed by atoms with Crippen LogP contribution in [-0.2, 0) is 12.8 Å². The normalized spacial score (nSPS) is 24.9. The Morgan fingerprint density at radius 3 is 1.56 bits per heavy atom. The first-order chi connectivity index (χ1) is 8.93. The van der Waals surface area contributed by atoms with Crippen LogP contribution in [0.15, 0.2) is 48.5 Å². The van der Waals surface area contributed by atoms with Crippen LogP contribution in [0.25, 0.3) is 0 Å². The van der Waals surface area contributed by atoms with Crippen LogP contribution >= 0.6 is 0 Å². The SMILES string of the molecule is c1ccc2c(c1)CCC2C1CCc2ccccc21. The number of aryl methyl sites for hydroxylation is 2. The van der Waals surface area contributed by atoms with Crippen molar-refractivity contribution in [2.75, 3.05) is 0 Å². The molecule has 2 aliphatic carbocycles. The minimum Gasteiger partial charge on any atom is -0.0620 e. The summed E-state index contributed by atoms with van der Waals surface area (Å²) in [7, 11) is 0. The Hall–Kier alpha value is -1.56. The second-order valence-electron chi connectivity index (χ2n) is 5.69. The van der Waals surface area contributed by atoms with Gasteiger partial charge < -0.3 is 0 Å². The Morgan fingerprint density at radius 1 is 0.611 bits per heavy atom. The highest BCUT2D eigenvalue weighted by atomic mass is 14.4. The Labute approximate surface area is 109 Å². The number of hydrogen-bond acceptors (Lipinski definition) is 0. The van der Waals surface area contributed by atoms with Crippen molar-refractivity contribution < 1.29 is 0 Å². The molecule has 2 aromatic rings. The van der Waals surface area contributed by atoms with Crippen LogP contribution in [-0.4, -0.2) is 0 Å².